The van der Waals surface area contributed by atoms with Gasteiger partial charge in [-0.05, 0) is 12.8 Å². The third-order valence-corrected chi connectivity index (χ3v) is 1.65. The molecule has 0 heterocycles. The molecule has 4 nitrogen and oxygen atoms in total. The molecule has 0 spiro atoms. The minimum absolute atomic E-state index is 0. The van der Waals surface area contributed by atoms with Crippen LogP contribution in [0.15, 0.2) is 0 Å². The van der Waals surface area contributed by atoms with E-state index in [9.17, 15) is 0 Å². The van der Waals surface area contributed by atoms with Crippen molar-refractivity contribution >= 4 is 18.8 Å². The Labute approximate surface area is 96.1 Å². The van der Waals surface area contributed by atoms with E-state index in [0.717, 1.165) is 0 Å². The summed E-state index contributed by atoms with van der Waals surface area (Å²) in [4.78, 5) is 0. The van der Waals surface area contributed by atoms with Crippen LogP contribution >= 0.6 is 18.8 Å². The van der Waals surface area contributed by atoms with Crippen LogP contribution in [0.3, 0.4) is 0 Å². The SMILES string of the molecule is NC1CCCCC1.O.O.[Cl][Pt][Cl].[NH2-]. The molecule has 0 saturated heterocycles. The van der Waals surface area contributed by atoms with Crippen molar-refractivity contribution in [2.75, 3.05) is 0 Å². The van der Waals surface area contributed by atoms with E-state index in [0.29, 0.717) is 6.04 Å². The van der Waals surface area contributed by atoms with Crippen LogP contribution < -0.4 is 5.73 Å². The first-order valence-electron chi connectivity index (χ1n) is 3.39. The van der Waals surface area contributed by atoms with Gasteiger partial charge in [-0.3, -0.25) is 0 Å². The molecule has 13 heavy (non-hydrogen) atoms. The standard InChI is InChI=1S/C6H13N.2ClH.H2N.2H2O.Pt/c7-6-4-2-1-3-5-6;;;;;;/h6H,1-5,7H2;2*1H;3*1H2;/q;;;-1;;;+2/p-2. The van der Waals surface area contributed by atoms with Gasteiger partial charge in [-0.2, -0.15) is 0 Å². The summed E-state index contributed by atoms with van der Waals surface area (Å²) in [7, 11) is 9.75. The summed E-state index contributed by atoms with van der Waals surface area (Å²) in [6.07, 6.45) is 6.66. The fourth-order valence-electron chi connectivity index (χ4n) is 1.13. The van der Waals surface area contributed by atoms with Gasteiger partial charge in [-0.25, -0.2) is 0 Å². The van der Waals surface area contributed by atoms with Crippen LogP contribution in [0.25, 0.3) is 6.15 Å². The molecule has 1 saturated carbocycles. The quantitative estimate of drug-likeness (QED) is 0.634. The number of rotatable bonds is 0. The fourth-order valence-corrected chi connectivity index (χ4v) is 1.13. The topological polar surface area (TPSA) is 123 Å². The molecule has 0 aromatic carbocycles. The van der Waals surface area contributed by atoms with Gasteiger partial charge in [-0.15, -0.1) is 0 Å². The molecule has 0 amide bonds. The molecule has 0 aromatic heterocycles. The molecule has 1 aliphatic rings. The third-order valence-electron chi connectivity index (χ3n) is 1.65. The number of hydrogen-bond acceptors (Lipinski definition) is 1. The zero-order chi connectivity index (χ0) is 7.82. The van der Waals surface area contributed by atoms with E-state index >= 15 is 0 Å². The Hall–Kier alpha value is 1.11. The Balaban J connectivity index is -0.0000000615. The molecule has 0 aromatic rings. The molecule has 1 rings (SSSR count). The summed E-state index contributed by atoms with van der Waals surface area (Å²) in [5, 5.41) is 0. The number of nitrogens with two attached hydrogens (primary N) is 2. The summed E-state index contributed by atoms with van der Waals surface area (Å²) in [5.41, 5.74) is 5.63. The first-order valence-corrected chi connectivity index (χ1v) is 9.02. The van der Waals surface area contributed by atoms with Crippen molar-refractivity contribution in [2.24, 2.45) is 5.73 Å². The van der Waals surface area contributed by atoms with Gasteiger partial charge in [0.25, 0.3) is 0 Å². The van der Waals surface area contributed by atoms with Gasteiger partial charge >= 0.3 is 35.3 Å². The monoisotopic (exact) mass is 416 g/mol. The molecule has 0 unspecified atom stereocenters. The van der Waals surface area contributed by atoms with E-state index in [1.807, 2.05) is 0 Å². The number of halogens is 2. The van der Waals surface area contributed by atoms with Crippen molar-refractivity contribution in [1.29, 1.82) is 0 Å². The Morgan fingerprint density at radius 2 is 1.31 bits per heavy atom. The first-order chi connectivity index (χ1) is 4.81. The second-order valence-electron chi connectivity index (χ2n) is 2.44. The van der Waals surface area contributed by atoms with E-state index in [1.165, 1.54) is 32.1 Å². The van der Waals surface area contributed by atoms with Gasteiger partial charge in [0.05, 0.1) is 0 Å². The van der Waals surface area contributed by atoms with Gasteiger partial charge < -0.3 is 22.8 Å². The zero-order valence-corrected chi connectivity index (χ0v) is 11.1. The van der Waals surface area contributed by atoms with Crippen LogP contribution in [0.1, 0.15) is 32.1 Å². The molecular weight excluding hydrogens is 398 g/mol. The second kappa shape index (κ2) is 18.8. The molecule has 7 heteroatoms. The maximum absolute atomic E-state index is 5.63. The molecule has 0 aliphatic heterocycles. The Bertz CT molecular complexity index is 77.7. The van der Waals surface area contributed by atoms with Crippen molar-refractivity contribution < 1.29 is 27.4 Å². The van der Waals surface area contributed by atoms with Crippen LogP contribution in [0, 0.1) is 0 Å². The Morgan fingerprint density at radius 3 is 1.46 bits per heavy atom. The predicted octanol–water partition coefficient (Wildman–Crippen LogP) is 1.72. The molecule has 8 N–H and O–H groups in total. The van der Waals surface area contributed by atoms with Crippen LogP contribution in [0.2, 0.25) is 0 Å². The third kappa shape index (κ3) is 19.5. The van der Waals surface area contributed by atoms with E-state index in [1.54, 1.807) is 0 Å². The summed E-state index contributed by atoms with van der Waals surface area (Å²) >= 11 is -0.472. The van der Waals surface area contributed by atoms with Crippen molar-refractivity contribution in [3.05, 3.63) is 6.15 Å². The van der Waals surface area contributed by atoms with Crippen molar-refractivity contribution in [3.63, 3.8) is 0 Å². The Morgan fingerprint density at radius 1 is 1.00 bits per heavy atom. The van der Waals surface area contributed by atoms with Gasteiger partial charge in [0.2, 0.25) is 0 Å². The van der Waals surface area contributed by atoms with Crippen LogP contribution in [0.5, 0.6) is 0 Å². The second-order valence-corrected chi connectivity index (χ2v) is 5.73. The summed E-state index contributed by atoms with van der Waals surface area (Å²) in [6, 6.07) is 0.536. The van der Waals surface area contributed by atoms with Crippen LogP contribution in [-0.2, 0) is 16.5 Å². The van der Waals surface area contributed by atoms with E-state index in [4.69, 9.17) is 24.6 Å². The normalized spacial score (nSPS) is 15.3. The molecule has 0 radical (unpaired) electrons. The molecule has 0 bridgehead atoms. The summed E-state index contributed by atoms with van der Waals surface area (Å²) in [6.45, 7) is 0. The molecular formula is C6H19Cl2N2O2Pt-. The van der Waals surface area contributed by atoms with E-state index in [2.05, 4.69) is 0 Å². The minimum Gasteiger partial charge on any atom is -0.693 e. The average Bonchev–Trinajstić information content (AvgIpc) is 1.91. The largest absolute Gasteiger partial charge is 0.693 e. The van der Waals surface area contributed by atoms with Crippen molar-refractivity contribution in [3.8, 4) is 0 Å². The smallest absolute Gasteiger partial charge is 0.693 e. The fraction of sp³-hybridized carbons (Fsp3) is 1.00. The minimum atomic E-state index is -0.472. The zero-order valence-electron chi connectivity index (χ0n) is 7.34. The van der Waals surface area contributed by atoms with Gasteiger partial charge in [0, 0.05) is 6.04 Å². The van der Waals surface area contributed by atoms with Crippen LogP contribution in [0.4, 0.5) is 0 Å². The number of hydrogen-bond donors (Lipinski definition) is 1. The molecule has 1 aliphatic carbocycles. The van der Waals surface area contributed by atoms with Gasteiger partial charge in [-0.1, -0.05) is 19.3 Å². The molecule has 90 valence electrons. The van der Waals surface area contributed by atoms with Gasteiger partial charge in [0.1, 0.15) is 0 Å². The molecule has 1 fully saturated rings. The molecule has 0 atom stereocenters. The predicted molar refractivity (Wildman–Crippen MR) is 55.3 cm³/mol. The maximum Gasteiger partial charge on any atom is -0.693 e. The summed E-state index contributed by atoms with van der Waals surface area (Å²) in [5.74, 6) is 0. The van der Waals surface area contributed by atoms with E-state index in [-0.39, 0.29) is 17.1 Å². The first kappa shape index (κ1) is 23.7. The van der Waals surface area contributed by atoms with Gasteiger partial charge in [0.15, 0.2) is 0 Å². The maximum atomic E-state index is 5.63. The van der Waals surface area contributed by atoms with Crippen molar-refractivity contribution in [1.82, 2.24) is 0 Å². The van der Waals surface area contributed by atoms with Crippen LogP contribution in [-0.4, -0.2) is 17.0 Å². The Kier molecular flexibility index (Phi) is 34.3. The summed E-state index contributed by atoms with van der Waals surface area (Å²) < 4.78 is 0. The average molecular weight is 417 g/mol. The van der Waals surface area contributed by atoms with E-state index < -0.39 is 16.5 Å². The van der Waals surface area contributed by atoms with Crippen molar-refractivity contribution in [2.45, 2.75) is 38.1 Å².